The number of carbonyl (C=O) groups excluding carboxylic acids is 1. The largest absolute Gasteiger partial charge is 0.423 e. The third-order valence-electron chi connectivity index (χ3n) is 2.57. The highest BCUT2D eigenvalue weighted by Crippen LogP contribution is 2.37. The van der Waals surface area contributed by atoms with Gasteiger partial charge in [-0.05, 0) is 26.0 Å². The highest BCUT2D eigenvalue weighted by atomic mass is 19.4. The van der Waals surface area contributed by atoms with E-state index in [0.29, 0.717) is 6.07 Å². The fourth-order valence-corrected chi connectivity index (χ4v) is 1.42. The van der Waals surface area contributed by atoms with E-state index in [2.05, 4.69) is 5.32 Å². The van der Waals surface area contributed by atoms with Crippen molar-refractivity contribution >= 4 is 17.3 Å². The lowest BCUT2D eigenvalue weighted by Gasteiger charge is -2.24. The van der Waals surface area contributed by atoms with Crippen molar-refractivity contribution in [3.05, 3.63) is 33.9 Å². The average Bonchev–Trinajstić information content (AvgIpc) is 2.26. The molecule has 0 bridgehead atoms. The van der Waals surface area contributed by atoms with Crippen molar-refractivity contribution in [3.8, 4) is 0 Å². The number of rotatable bonds is 4. The Bertz CT molecular complexity index is 556. The minimum Gasteiger partial charge on any atom is -0.372 e. The number of benzene rings is 1. The number of nitro benzene ring substituents is 1. The molecule has 1 amide bonds. The van der Waals surface area contributed by atoms with Crippen molar-refractivity contribution in [3.63, 3.8) is 0 Å². The van der Waals surface area contributed by atoms with Crippen LogP contribution in [0.2, 0.25) is 0 Å². The highest BCUT2D eigenvalue weighted by Gasteiger charge is 2.39. The number of carbonyl (C=O) groups is 1. The molecule has 9 heteroatoms. The van der Waals surface area contributed by atoms with Crippen molar-refractivity contribution in [2.75, 3.05) is 5.32 Å². The lowest BCUT2D eigenvalue weighted by molar-refractivity contribution is -0.388. The topological polar surface area (TPSA) is 98.3 Å². The quantitative estimate of drug-likeness (QED) is 0.656. The summed E-state index contributed by atoms with van der Waals surface area (Å²) in [7, 11) is 0. The molecule has 0 radical (unpaired) electrons. The number of nitrogens with zero attached hydrogens (tertiary/aromatic N) is 1. The molecule has 0 saturated carbocycles. The Morgan fingerprint density at radius 1 is 1.35 bits per heavy atom. The smallest absolute Gasteiger partial charge is 0.372 e. The summed E-state index contributed by atoms with van der Waals surface area (Å²) in [6, 6.07) is 2.38. The molecule has 0 aromatic heterocycles. The van der Waals surface area contributed by atoms with E-state index < -0.39 is 33.8 Å². The van der Waals surface area contributed by atoms with Gasteiger partial charge in [-0.3, -0.25) is 14.9 Å². The second-order valence-corrected chi connectivity index (χ2v) is 4.60. The maximum atomic E-state index is 12.8. The van der Waals surface area contributed by atoms with Gasteiger partial charge in [-0.1, -0.05) is 0 Å². The zero-order valence-corrected chi connectivity index (χ0v) is 10.6. The average molecular weight is 291 g/mol. The number of nitrogens with two attached hydrogens (primary N) is 1. The molecule has 6 nitrogen and oxygen atoms in total. The number of hydrogen-bond acceptors (Lipinski definition) is 4. The summed E-state index contributed by atoms with van der Waals surface area (Å²) in [6.45, 7) is 2.76. The fraction of sp³-hybridized carbons (Fsp3) is 0.364. The molecule has 0 heterocycles. The molecule has 1 aromatic carbocycles. The summed E-state index contributed by atoms with van der Waals surface area (Å²) < 4.78 is 38.3. The standard InChI is InChI=1S/C11H12F3N3O3/c1-10(2,9(15)18)16-6-3-4-8(17(19)20)7(5-6)11(12,13)14/h3-5,16H,1-2H3,(H2,15,18). The first-order chi connectivity index (χ1) is 8.95. The summed E-state index contributed by atoms with van der Waals surface area (Å²) in [5, 5.41) is 13.1. The van der Waals surface area contributed by atoms with E-state index in [1.807, 2.05) is 0 Å². The van der Waals surface area contributed by atoms with E-state index in [9.17, 15) is 28.1 Å². The monoisotopic (exact) mass is 291 g/mol. The van der Waals surface area contributed by atoms with E-state index >= 15 is 0 Å². The van der Waals surface area contributed by atoms with Crippen LogP contribution in [0.3, 0.4) is 0 Å². The lowest BCUT2D eigenvalue weighted by atomic mass is 10.0. The van der Waals surface area contributed by atoms with E-state index in [1.165, 1.54) is 13.8 Å². The first kappa shape index (κ1) is 15.7. The SMILES string of the molecule is CC(C)(Nc1ccc([N+](=O)[O-])c(C(F)(F)F)c1)C(N)=O. The number of nitrogens with one attached hydrogen (secondary N) is 1. The van der Waals surface area contributed by atoms with Gasteiger partial charge in [-0.25, -0.2) is 0 Å². The van der Waals surface area contributed by atoms with Gasteiger partial charge >= 0.3 is 6.18 Å². The number of hydrogen-bond donors (Lipinski definition) is 2. The number of primary amides is 1. The number of alkyl halides is 3. The number of anilines is 1. The van der Waals surface area contributed by atoms with Gasteiger partial charge in [0, 0.05) is 11.8 Å². The molecule has 0 aliphatic rings. The molecule has 0 aliphatic carbocycles. The number of halogens is 3. The molecule has 0 fully saturated rings. The minimum absolute atomic E-state index is 0.0910. The number of amides is 1. The Morgan fingerprint density at radius 3 is 2.30 bits per heavy atom. The second kappa shape index (κ2) is 4.99. The molecule has 0 spiro atoms. The van der Waals surface area contributed by atoms with Crippen LogP contribution >= 0.6 is 0 Å². The molecule has 0 unspecified atom stereocenters. The van der Waals surface area contributed by atoms with Gasteiger partial charge in [0.05, 0.1) is 4.92 Å². The van der Waals surface area contributed by atoms with Gasteiger partial charge < -0.3 is 11.1 Å². The zero-order valence-electron chi connectivity index (χ0n) is 10.6. The Morgan fingerprint density at radius 2 is 1.90 bits per heavy atom. The fourth-order valence-electron chi connectivity index (χ4n) is 1.42. The van der Waals surface area contributed by atoms with Gasteiger partial charge in [-0.15, -0.1) is 0 Å². The molecular weight excluding hydrogens is 279 g/mol. The molecule has 0 saturated heterocycles. The molecule has 0 atom stereocenters. The minimum atomic E-state index is -4.88. The summed E-state index contributed by atoms with van der Waals surface area (Å²) >= 11 is 0. The molecule has 110 valence electrons. The van der Waals surface area contributed by atoms with Crippen molar-refractivity contribution in [1.82, 2.24) is 0 Å². The van der Waals surface area contributed by atoms with Crippen LogP contribution < -0.4 is 11.1 Å². The normalized spacial score (nSPS) is 12.1. The van der Waals surface area contributed by atoms with Crippen molar-refractivity contribution < 1.29 is 22.9 Å². The maximum absolute atomic E-state index is 12.8. The predicted octanol–water partition coefficient (Wildman–Crippen LogP) is 2.29. The van der Waals surface area contributed by atoms with Crippen LogP contribution in [-0.2, 0) is 11.0 Å². The third kappa shape index (κ3) is 3.37. The first-order valence-electron chi connectivity index (χ1n) is 5.39. The highest BCUT2D eigenvalue weighted by molar-refractivity contribution is 5.87. The second-order valence-electron chi connectivity index (χ2n) is 4.60. The van der Waals surface area contributed by atoms with Crippen LogP contribution in [0.15, 0.2) is 18.2 Å². The van der Waals surface area contributed by atoms with Crippen LogP contribution in [0.5, 0.6) is 0 Å². The summed E-state index contributed by atoms with van der Waals surface area (Å²) in [5.41, 5.74) is 1.25. The Hall–Kier alpha value is -2.32. The van der Waals surface area contributed by atoms with Gasteiger partial charge in [0.1, 0.15) is 11.1 Å². The first-order valence-corrected chi connectivity index (χ1v) is 5.39. The summed E-state index contributed by atoms with van der Waals surface area (Å²) in [6.07, 6.45) is -4.88. The van der Waals surface area contributed by atoms with Crippen LogP contribution in [0, 0.1) is 10.1 Å². The van der Waals surface area contributed by atoms with Crippen LogP contribution in [0.4, 0.5) is 24.5 Å². The van der Waals surface area contributed by atoms with E-state index in [-0.39, 0.29) is 5.69 Å². The molecule has 3 N–H and O–H groups in total. The van der Waals surface area contributed by atoms with Crippen molar-refractivity contribution in [2.45, 2.75) is 25.6 Å². The van der Waals surface area contributed by atoms with E-state index in [0.717, 1.165) is 12.1 Å². The van der Waals surface area contributed by atoms with Crippen molar-refractivity contribution in [2.24, 2.45) is 5.73 Å². The zero-order chi connectivity index (χ0) is 15.7. The lowest BCUT2D eigenvalue weighted by Crippen LogP contribution is -2.45. The molecule has 1 aromatic rings. The predicted molar refractivity (Wildman–Crippen MR) is 65.0 cm³/mol. The molecule has 0 aliphatic heterocycles. The van der Waals surface area contributed by atoms with Gasteiger partial charge in [0.15, 0.2) is 0 Å². The van der Waals surface area contributed by atoms with Crippen LogP contribution in [-0.4, -0.2) is 16.4 Å². The third-order valence-corrected chi connectivity index (χ3v) is 2.57. The maximum Gasteiger partial charge on any atom is 0.423 e. The van der Waals surface area contributed by atoms with Crippen LogP contribution in [0.1, 0.15) is 19.4 Å². The van der Waals surface area contributed by atoms with Crippen molar-refractivity contribution in [1.29, 1.82) is 0 Å². The van der Waals surface area contributed by atoms with Gasteiger partial charge in [0.2, 0.25) is 5.91 Å². The van der Waals surface area contributed by atoms with Gasteiger partial charge in [-0.2, -0.15) is 13.2 Å². The van der Waals surface area contributed by atoms with E-state index in [1.54, 1.807) is 0 Å². The summed E-state index contributed by atoms with van der Waals surface area (Å²) in [5.74, 6) is -0.774. The van der Waals surface area contributed by atoms with Crippen LogP contribution in [0.25, 0.3) is 0 Å². The summed E-state index contributed by atoms with van der Waals surface area (Å²) in [4.78, 5) is 20.6. The Kier molecular flexibility index (Phi) is 3.92. The van der Waals surface area contributed by atoms with Gasteiger partial charge in [0.25, 0.3) is 5.69 Å². The Labute approximate surface area is 111 Å². The Balaban J connectivity index is 3.27. The molecule has 1 rings (SSSR count). The number of nitro groups is 1. The van der Waals surface area contributed by atoms with E-state index in [4.69, 9.17) is 5.73 Å². The molecular formula is C11H12F3N3O3. The molecule has 20 heavy (non-hydrogen) atoms.